The van der Waals surface area contributed by atoms with Crippen molar-refractivity contribution in [1.29, 1.82) is 0 Å². The van der Waals surface area contributed by atoms with Crippen molar-refractivity contribution in [3.05, 3.63) is 53.5 Å². The van der Waals surface area contributed by atoms with E-state index in [2.05, 4.69) is 10.3 Å². The third kappa shape index (κ3) is 4.70. The quantitative estimate of drug-likeness (QED) is 0.667. The number of hydrogen-bond acceptors (Lipinski definition) is 5. The SMILES string of the molecule is CCCOc1ccccc1OCC(=O)NCc1nc2ccccc2s1. The number of thiazole rings is 1. The maximum Gasteiger partial charge on any atom is 0.258 e. The van der Waals surface area contributed by atoms with E-state index in [4.69, 9.17) is 9.47 Å². The first kappa shape index (κ1) is 17.2. The van der Waals surface area contributed by atoms with Crippen LogP contribution in [0.3, 0.4) is 0 Å². The maximum absolute atomic E-state index is 12.0. The molecule has 3 aromatic rings. The monoisotopic (exact) mass is 356 g/mol. The zero-order valence-corrected chi connectivity index (χ0v) is 14.8. The van der Waals surface area contributed by atoms with Gasteiger partial charge in [-0.05, 0) is 30.7 Å². The number of hydrogen-bond donors (Lipinski definition) is 1. The second kappa shape index (κ2) is 8.48. The van der Waals surface area contributed by atoms with Gasteiger partial charge in [0.05, 0.1) is 23.4 Å². The molecule has 5 nitrogen and oxygen atoms in total. The van der Waals surface area contributed by atoms with Crippen LogP contribution < -0.4 is 14.8 Å². The van der Waals surface area contributed by atoms with Crippen LogP contribution in [0.25, 0.3) is 10.2 Å². The van der Waals surface area contributed by atoms with Crippen LogP contribution in [0.5, 0.6) is 11.5 Å². The molecule has 130 valence electrons. The van der Waals surface area contributed by atoms with Crippen LogP contribution in [0, 0.1) is 0 Å². The van der Waals surface area contributed by atoms with E-state index in [0.717, 1.165) is 21.6 Å². The summed E-state index contributed by atoms with van der Waals surface area (Å²) >= 11 is 1.58. The molecule has 0 unspecified atom stereocenters. The van der Waals surface area contributed by atoms with Gasteiger partial charge in [0.25, 0.3) is 5.91 Å². The number of benzene rings is 2. The van der Waals surface area contributed by atoms with Gasteiger partial charge in [-0.25, -0.2) is 4.98 Å². The van der Waals surface area contributed by atoms with Crippen molar-refractivity contribution in [3.63, 3.8) is 0 Å². The van der Waals surface area contributed by atoms with Gasteiger partial charge in [-0.2, -0.15) is 0 Å². The number of aromatic nitrogens is 1. The average Bonchev–Trinajstić information content (AvgIpc) is 3.06. The fourth-order valence-electron chi connectivity index (χ4n) is 2.26. The van der Waals surface area contributed by atoms with E-state index in [1.807, 2.05) is 49.4 Å². The van der Waals surface area contributed by atoms with Gasteiger partial charge >= 0.3 is 0 Å². The molecule has 0 bridgehead atoms. The number of nitrogens with one attached hydrogen (secondary N) is 1. The van der Waals surface area contributed by atoms with E-state index in [0.29, 0.717) is 24.7 Å². The summed E-state index contributed by atoms with van der Waals surface area (Å²) in [5, 5.41) is 3.71. The number of fused-ring (bicyclic) bond motifs is 1. The van der Waals surface area contributed by atoms with E-state index in [9.17, 15) is 4.79 Å². The summed E-state index contributed by atoms with van der Waals surface area (Å²) in [5.74, 6) is 1.04. The average molecular weight is 356 g/mol. The van der Waals surface area contributed by atoms with E-state index >= 15 is 0 Å². The summed E-state index contributed by atoms with van der Waals surface area (Å²) in [6, 6.07) is 15.3. The predicted octanol–water partition coefficient (Wildman–Crippen LogP) is 3.78. The van der Waals surface area contributed by atoms with Gasteiger partial charge in [0.1, 0.15) is 5.01 Å². The molecule has 1 amide bonds. The Kier molecular flexibility index (Phi) is 5.85. The second-order valence-corrected chi connectivity index (χ2v) is 6.55. The number of carbonyl (C=O) groups excluding carboxylic acids is 1. The van der Waals surface area contributed by atoms with Gasteiger partial charge in [-0.15, -0.1) is 11.3 Å². The Hall–Kier alpha value is -2.60. The molecular weight excluding hydrogens is 336 g/mol. The lowest BCUT2D eigenvalue weighted by molar-refractivity contribution is -0.123. The molecule has 0 spiro atoms. The minimum absolute atomic E-state index is 0.0581. The third-order valence-corrected chi connectivity index (χ3v) is 4.48. The topological polar surface area (TPSA) is 60.5 Å². The first-order chi connectivity index (χ1) is 12.3. The van der Waals surface area contributed by atoms with Crippen molar-refractivity contribution >= 4 is 27.5 Å². The number of carbonyl (C=O) groups is 1. The van der Waals surface area contributed by atoms with Crippen molar-refractivity contribution in [2.45, 2.75) is 19.9 Å². The van der Waals surface area contributed by atoms with Crippen LogP contribution in [0.1, 0.15) is 18.4 Å². The highest BCUT2D eigenvalue weighted by Crippen LogP contribution is 2.26. The normalized spacial score (nSPS) is 10.6. The lowest BCUT2D eigenvalue weighted by Crippen LogP contribution is -2.28. The second-order valence-electron chi connectivity index (χ2n) is 5.44. The zero-order valence-electron chi connectivity index (χ0n) is 14.0. The molecule has 3 rings (SSSR count). The molecule has 1 aromatic heterocycles. The number of nitrogens with zero attached hydrogens (tertiary/aromatic N) is 1. The molecule has 0 aliphatic heterocycles. The van der Waals surface area contributed by atoms with Gasteiger partial charge < -0.3 is 14.8 Å². The summed E-state index contributed by atoms with van der Waals surface area (Å²) in [6.45, 7) is 3.00. The molecule has 2 aromatic carbocycles. The molecule has 25 heavy (non-hydrogen) atoms. The fraction of sp³-hybridized carbons (Fsp3) is 0.263. The van der Waals surface area contributed by atoms with Gasteiger partial charge in [0, 0.05) is 0 Å². The van der Waals surface area contributed by atoms with Crippen molar-refractivity contribution in [2.24, 2.45) is 0 Å². The predicted molar refractivity (Wildman–Crippen MR) is 99.2 cm³/mol. The Labute approximate surface area is 150 Å². The largest absolute Gasteiger partial charge is 0.490 e. The van der Waals surface area contributed by atoms with Crippen LogP contribution in [-0.4, -0.2) is 24.1 Å². The zero-order chi connectivity index (χ0) is 17.5. The molecule has 0 radical (unpaired) electrons. The van der Waals surface area contributed by atoms with Crippen molar-refractivity contribution < 1.29 is 14.3 Å². The Morgan fingerprint density at radius 2 is 1.80 bits per heavy atom. The highest BCUT2D eigenvalue weighted by Gasteiger charge is 2.09. The minimum atomic E-state index is -0.190. The highest BCUT2D eigenvalue weighted by molar-refractivity contribution is 7.18. The van der Waals surface area contributed by atoms with Crippen molar-refractivity contribution in [3.8, 4) is 11.5 Å². The summed E-state index contributed by atoms with van der Waals surface area (Å²) < 4.78 is 12.3. The van der Waals surface area contributed by atoms with Gasteiger partial charge in [0.15, 0.2) is 18.1 Å². The van der Waals surface area contributed by atoms with Crippen LogP contribution in [0.4, 0.5) is 0 Å². The van der Waals surface area contributed by atoms with E-state index in [1.165, 1.54) is 0 Å². The molecule has 0 atom stereocenters. The smallest absolute Gasteiger partial charge is 0.258 e. The molecule has 6 heteroatoms. The molecule has 0 fully saturated rings. The summed E-state index contributed by atoms with van der Waals surface area (Å²) in [7, 11) is 0. The Bertz CT molecular complexity index is 814. The Morgan fingerprint density at radius 3 is 2.56 bits per heavy atom. The Morgan fingerprint density at radius 1 is 1.08 bits per heavy atom. The van der Waals surface area contributed by atoms with Crippen LogP contribution >= 0.6 is 11.3 Å². The van der Waals surface area contributed by atoms with E-state index in [-0.39, 0.29) is 12.5 Å². The maximum atomic E-state index is 12.0. The van der Waals surface area contributed by atoms with Gasteiger partial charge in [0.2, 0.25) is 0 Å². The van der Waals surface area contributed by atoms with E-state index < -0.39 is 0 Å². The molecule has 0 saturated heterocycles. The minimum Gasteiger partial charge on any atom is -0.490 e. The van der Waals surface area contributed by atoms with Crippen molar-refractivity contribution in [1.82, 2.24) is 10.3 Å². The lowest BCUT2D eigenvalue weighted by atomic mass is 10.3. The molecular formula is C19H20N2O3S. The lowest BCUT2D eigenvalue weighted by Gasteiger charge is -2.11. The third-order valence-electron chi connectivity index (χ3n) is 3.44. The number of ether oxygens (including phenoxy) is 2. The number of para-hydroxylation sites is 3. The van der Waals surface area contributed by atoms with Crippen LogP contribution in [0.15, 0.2) is 48.5 Å². The van der Waals surface area contributed by atoms with Gasteiger partial charge in [-0.3, -0.25) is 4.79 Å². The van der Waals surface area contributed by atoms with E-state index in [1.54, 1.807) is 17.4 Å². The highest BCUT2D eigenvalue weighted by atomic mass is 32.1. The summed E-state index contributed by atoms with van der Waals surface area (Å²) in [6.07, 6.45) is 0.914. The van der Waals surface area contributed by atoms with Crippen LogP contribution in [0.2, 0.25) is 0 Å². The standard InChI is InChI=1S/C19H20N2O3S/c1-2-11-23-15-8-4-5-9-16(15)24-13-18(22)20-12-19-21-14-7-3-6-10-17(14)25-19/h3-10H,2,11-13H2,1H3,(H,20,22). The van der Waals surface area contributed by atoms with Gasteiger partial charge in [-0.1, -0.05) is 31.2 Å². The molecule has 1 heterocycles. The summed E-state index contributed by atoms with van der Waals surface area (Å²) in [5.41, 5.74) is 0.954. The number of rotatable bonds is 8. The first-order valence-corrected chi connectivity index (χ1v) is 9.03. The van der Waals surface area contributed by atoms with Crippen LogP contribution in [-0.2, 0) is 11.3 Å². The molecule has 0 saturated carbocycles. The number of amides is 1. The molecule has 0 aliphatic rings. The fourth-order valence-corrected chi connectivity index (χ4v) is 3.17. The first-order valence-electron chi connectivity index (χ1n) is 8.22. The Balaban J connectivity index is 1.51. The molecule has 1 N–H and O–H groups in total. The summed E-state index contributed by atoms with van der Waals surface area (Å²) in [4.78, 5) is 16.5. The molecule has 0 aliphatic carbocycles. The van der Waals surface area contributed by atoms with Crippen molar-refractivity contribution in [2.75, 3.05) is 13.2 Å².